The average Bonchev–Trinajstić information content (AvgIpc) is 2.45. The minimum atomic E-state index is -0.138. The van der Waals surface area contributed by atoms with Gasteiger partial charge in [0.25, 0.3) is 5.91 Å². The highest BCUT2D eigenvalue weighted by atomic mass is 35.5. The SMILES string of the molecule is O=C(Nc1ccc(C=C2CNC2)cc1)c1ccc(Cl)cc1. The molecule has 3 rings (SSSR count). The quantitative estimate of drug-likeness (QED) is 0.909. The summed E-state index contributed by atoms with van der Waals surface area (Å²) in [4.78, 5) is 12.1. The van der Waals surface area contributed by atoms with E-state index in [-0.39, 0.29) is 5.91 Å². The molecule has 0 bridgehead atoms. The molecule has 0 unspecified atom stereocenters. The monoisotopic (exact) mass is 298 g/mol. The fourth-order valence-electron chi connectivity index (χ4n) is 2.07. The maximum atomic E-state index is 12.1. The van der Waals surface area contributed by atoms with Gasteiger partial charge in [0.15, 0.2) is 0 Å². The molecule has 2 aromatic rings. The van der Waals surface area contributed by atoms with Crippen LogP contribution in [0.15, 0.2) is 54.1 Å². The molecule has 1 fully saturated rings. The van der Waals surface area contributed by atoms with E-state index in [1.165, 1.54) is 5.57 Å². The van der Waals surface area contributed by atoms with Crippen LogP contribution >= 0.6 is 11.6 Å². The van der Waals surface area contributed by atoms with Crippen LogP contribution in [0.1, 0.15) is 15.9 Å². The second-order valence-corrected chi connectivity index (χ2v) is 5.43. The lowest BCUT2D eigenvalue weighted by Gasteiger charge is -2.18. The number of rotatable bonds is 3. The number of hydrogen-bond acceptors (Lipinski definition) is 2. The van der Waals surface area contributed by atoms with Crippen LogP contribution < -0.4 is 10.6 Å². The topological polar surface area (TPSA) is 41.1 Å². The van der Waals surface area contributed by atoms with Gasteiger partial charge in [-0.25, -0.2) is 0 Å². The van der Waals surface area contributed by atoms with E-state index in [0.717, 1.165) is 24.3 Å². The number of carbonyl (C=O) groups is 1. The third-order valence-corrected chi connectivity index (χ3v) is 3.60. The zero-order valence-electron chi connectivity index (χ0n) is 11.4. The Balaban J connectivity index is 1.67. The Morgan fingerprint density at radius 3 is 2.29 bits per heavy atom. The lowest BCUT2D eigenvalue weighted by atomic mass is 10.1. The molecule has 1 amide bonds. The third-order valence-electron chi connectivity index (χ3n) is 3.35. The van der Waals surface area contributed by atoms with Crippen molar-refractivity contribution < 1.29 is 4.79 Å². The van der Waals surface area contributed by atoms with Crippen LogP contribution in [0, 0.1) is 0 Å². The Hall–Kier alpha value is -2.10. The van der Waals surface area contributed by atoms with E-state index < -0.39 is 0 Å². The maximum Gasteiger partial charge on any atom is 0.255 e. The van der Waals surface area contributed by atoms with Crippen LogP contribution in [0.5, 0.6) is 0 Å². The Kier molecular flexibility index (Phi) is 4.04. The van der Waals surface area contributed by atoms with Crippen LogP contribution in [0.25, 0.3) is 6.08 Å². The van der Waals surface area contributed by atoms with E-state index in [2.05, 4.69) is 16.7 Å². The average molecular weight is 299 g/mol. The smallest absolute Gasteiger partial charge is 0.255 e. The van der Waals surface area contributed by atoms with Gasteiger partial charge in [0.1, 0.15) is 0 Å². The highest BCUT2D eigenvalue weighted by molar-refractivity contribution is 6.30. The summed E-state index contributed by atoms with van der Waals surface area (Å²) in [5.74, 6) is -0.138. The molecule has 21 heavy (non-hydrogen) atoms. The largest absolute Gasteiger partial charge is 0.322 e. The van der Waals surface area contributed by atoms with E-state index in [1.807, 2.05) is 24.3 Å². The second-order valence-electron chi connectivity index (χ2n) is 4.99. The van der Waals surface area contributed by atoms with Crippen molar-refractivity contribution in [3.63, 3.8) is 0 Å². The van der Waals surface area contributed by atoms with Crippen molar-refractivity contribution >= 4 is 29.3 Å². The summed E-state index contributed by atoms with van der Waals surface area (Å²) in [5.41, 5.74) is 3.92. The normalized spacial score (nSPS) is 13.5. The van der Waals surface area contributed by atoms with Gasteiger partial charge >= 0.3 is 0 Å². The Morgan fingerprint density at radius 1 is 1.05 bits per heavy atom. The van der Waals surface area contributed by atoms with E-state index in [0.29, 0.717) is 10.6 Å². The summed E-state index contributed by atoms with van der Waals surface area (Å²) < 4.78 is 0. The van der Waals surface area contributed by atoms with Gasteiger partial charge in [-0.3, -0.25) is 4.79 Å². The van der Waals surface area contributed by atoms with Crippen molar-refractivity contribution in [1.29, 1.82) is 0 Å². The first kappa shape index (κ1) is 13.9. The van der Waals surface area contributed by atoms with Crippen molar-refractivity contribution in [2.45, 2.75) is 0 Å². The van der Waals surface area contributed by atoms with Gasteiger partial charge in [-0.05, 0) is 47.5 Å². The van der Waals surface area contributed by atoms with Gasteiger partial charge in [0, 0.05) is 29.4 Å². The maximum absolute atomic E-state index is 12.1. The molecule has 2 aromatic carbocycles. The molecule has 0 aliphatic carbocycles. The second kappa shape index (κ2) is 6.12. The van der Waals surface area contributed by atoms with E-state index in [1.54, 1.807) is 24.3 Å². The van der Waals surface area contributed by atoms with Crippen LogP contribution in [0.2, 0.25) is 5.02 Å². The van der Waals surface area contributed by atoms with Crippen molar-refractivity contribution in [2.24, 2.45) is 0 Å². The number of halogens is 1. The number of carbonyl (C=O) groups excluding carboxylic acids is 1. The number of anilines is 1. The van der Waals surface area contributed by atoms with Gasteiger partial charge in [0.2, 0.25) is 0 Å². The molecule has 106 valence electrons. The fraction of sp³-hybridized carbons (Fsp3) is 0.118. The molecule has 4 heteroatoms. The Labute approximate surface area is 128 Å². The first-order valence-corrected chi connectivity index (χ1v) is 7.16. The van der Waals surface area contributed by atoms with Gasteiger partial charge < -0.3 is 10.6 Å². The zero-order valence-corrected chi connectivity index (χ0v) is 12.2. The van der Waals surface area contributed by atoms with E-state index >= 15 is 0 Å². The number of benzene rings is 2. The molecule has 0 aromatic heterocycles. The highest BCUT2D eigenvalue weighted by Crippen LogP contribution is 2.16. The summed E-state index contributed by atoms with van der Waals surface area (Å²) in [6.45, 7) is 1.93. The van der Waals surface area contributed by atoms with Gasteiger partial charge in [-0.15, -0.1) is 0 Å². The summed E-state index contributed by atoms with van der Waals surface area (Å²) >= 11 is 5.81. The molecule has 1 aliphatic rings. The summed E-state index contributed by atoms with van der Waals surface area (Å²) in [6.07, 6.45) is 2.17. The summed E-state index contributed by atoms with van der Waals surface area (Å²) in [5, 5.41) is 6.70. The molecular weight excluding hydrogens is 284 g/mol. The minimum Gasteiger partial charge on any atom is -0.322 e. The molecule has 1 aliphatic heterocycles. The van der Waals surface area contributed by atoms with Gasteiger partial charge in [-0.2, -0.15) is 0 Å². The molecule has 1 saturated heterocycles. The lowest BCUT2D eigenvalue weighted by molar-refractivity contribution is 0.102. The van der Waals surface area contributed by atoms with Gasteiger partial charge in [-0.1, -0.05) is 29.8 Å². The lowest BCUT2D eigenvalue weighted by Crippen LogP contribution is -2.33. The molecular formula is C17H15ClN2O. The van der Waals surface area contributed by atoms with Crippen molar-refractivity contribution in [1.82, 2.24) is 5.32 Å². The number of hydrogen-bond donors (Lipinski definition) is 2. The Morgan fingerprint density at radius 2 is 1.71 bits per heavy atom. The summed E-state index contributed by atoms with van der Waals surface area (Å²) in [7, 11) is 0. The predicted molar refractivity (Wildman–Crippen MR) is 86.7 cm³/mol. The number of nitrogens with one attached hydrogen (secondary N) is 2. The standard InChI is InChI=1S/C17H15ClN2O/c18-15-5-3-14(4-6-15)17(21)20-16-7-1-12(2-8-16)9-13-10-19-11-13/h1-9,19H,10-11H2,(H,20,21). The van der Waals surface area contributed by atoms with E-state index in [4.69, 9.17) is 11.6 Å². The predicted octanol–water partition coefficient (Wildman–Crippen LogP) is 3.58. The van der Waals surface area contributed by atoms with Crippen molar-refractivity contribution in [3.8, 4) is 0 Å². The van der Waals surface area contributed by atoms with Crippen LogP contribution in [-0.2, 0) is 0 Å². The molecule has 3 nitrogen and oxygen atoms in total. The fourth-order valence-corrected chi connectivity index (χ4v) is 2.20. The highest BCUT2D eigenvalue weighted by Gasteiger charge is 2.07. The molecule has 0 radical (unpaired) electrons. The van der Waals surface area contributed by atoms with Crippen LogP contribution in [0.3, 0.4) is 0 Å². The zero-order chi connectivity index (χ0) is 14.7. The molecule has 2 N–H and O–H groups in total. The third kappa shape index (κ3) is 3.51. The van der Waals surface area contributed by atoms with Crippen molar-refractivity contribution in [2.75, 3.05) is 18.4 Å². The van der Waals surface area contributed by atoms with Gasteiger partial charge in [0.05, 0.1) is 0 Å². The molecule has 1 heterocycles. The molecule has 0 spiro atoms. The first-order valence-electron chi connectivity index (χ1n) is 6.78. The van der Waals surface area contributed by atoms with E-state index in [9.17, 15) is 4.79 Å². The van der Waals surface area contributed by atoms with Crippen LogP contribution in [0.4, 0.5) is 5.69 Å². The Bertz CT molecular complexity index is 669. The minimum absolute atomic E-state index is 0.138. The first-order chi connectivity index (χ1) is 10.2. The summed E-state index contributed by atoms with van der Waals surface area (Å²) in [6, 6.07) is 14.7. The van der Waals surface area contributed by atoms with Crippen molar-refractivity contribution in [3.05, 3.63) is 70.3 Å². The van der Waals surface area contributed by atoms with Crippen LogP contribution in [-0.4, -0.2) is 19.0 Å². The molecule has 0 atom stereocenters. The molecule has 0 saturated carbocycles. The number of amides is 1.